The topological polar surface area (TPSA) is 60.4 Å². The van der Waals surface area contributed by atoms with E-state index in [2.05, 4.69) is 13.2 Å². The molecule has 0 aromatic carbocycles. The third-order valence-corrected chi connectivity index (χ3v) is 3.93. The van der Waals surface area contributed by atoms with Crippen LogP contribution in [0, 0.1) is 5.92 Å². The fraction of sp³-hybridized carbons (Fsp3) is 0.750. The molecule has 0 aliphatic rings. The number of hydrogen-bond acceptors (Lipinski definition) is 2. The van der Waals surface area contributed by atoms with Crippen molar-refractivity contribution in [2.24, 2.45) is 5.92 Å². The van der Waals surface area contributed by atoms with Crippen molar-refractivity contribution in [3.8, 4) is 0 Å². The summed E-state index contributed by atoms with van der Waals surface area (Å²) in [6, 6.07) is 0. The zero-order valence-corrected chi connectivity index (χ0v) is 13.6. The Hall–Kier alpha value is -0.660. The third kappa shape index (κ3) is 12.4. The molecule has 4 heteroatoms. The summed E-state index contributed by atoms with van der Waals surface area (Å²) in [6.45, 7) is 2.22. The molecular formula is C16H29O3P. The van der Waals surface area contributed by atoms with Crippen LogP contribution in [0.1, 0.15) is 71.1 Å². The molecule has 0 aromatic heterocycles. The Labute approximate surface area is 124 Å². The first-order chi connectivity index (χ1) is 9.57. The van der Waals surface area contributed by atoms with Gasteiger partial charge in [-0.25, -0.2) is 0 Å². The van der Waals surface area contributed by atoms with Gasteiger partial charge in [0.15, 0.2) is 0 Å². The Kier molecular flexibility index (Phi) is 12.9. The normalized spacial score (nSPS) is 13.6. The molecule has 0 aliphatic carbocycles. The number of carboxylic acids is 1. The van der Waals surface area contributed by atoms with Crippen molar-refractivity contribution < 1.29 is 14.8 Å². The van der Waals surface area contributed by atoms with E-state index in [-0.39, 0.29) is 0 Å². The fourth-order valence-electron chi connectivity index (χ4n) is 2.18. The van der Waals surface area contributed by atoms with Gasteiger partial charge in [-0.05, 0) is 12.5 Å². The van der Waals surface area contributed by atoms with Crippen molar-refractivity contribution >= 4 is 20.0 Å². The molecule has 20 heavy (non-hydrogen) atoms. The molecule has 0 fully saturated rings. The van der Waals surface area contributed by atoms with Crippen molar-refractivity contribution in [3.05, 3.63) is 11.9 Å². The Morgan fingerprint density at radius 1 is 1.15 bits per heavy atom. The molecule has 0 aliphatic heterocycles. The maximum atomic E-state index is 11.0. The van der Waals surface area contributed by atoms with Crippen LogP contribution in [0.5, 0.6) is 0 Å². The third-order valence-electron chi connectivity index (χ3n) is 3.42. The van der Waals surface area contributed by atoms with E-state index in [9.17, 15) is 9.69 Å². The van der Waals surface area contributed by atoms with Crippen molar-refractivity contribution in [1.29, 1.82) is 0 Å². The van der Waals surface area contributed by atoms with Crippen LogP contribution in [-0.2, 0) is 4.79 Å². The highest BCUT2D eigenvalue weighted by Crippen LogP contribution is 2.17. The zero-order valence-electron chi connectivity index (χ0n) is 12.7. The molecule has 0 aromatic rings. The molecule has 116 valence electrons. The second-order valence-corrected chi connectivity index (χ2v) is 6.45. The van der Waals surface area contributed by atoms with Crippen molar-refractivity contribution in [1.82, 2.24) is 0 Å². The lowest BCUT2D eigenvalue weighted by molar-refractivity contribution is -0.149. The molecule has 2 atom stereocenters. The van der Waals surface area contributed by atoms with E-state index in [0.29, 0.717) is 6.42 Å². The van der Waals surface area contributed by atoms with Gasteiger partial charge >= 0.3 is 5.97 Å². The smallest absolute Gasteiger partial charge is 0.310 e. The molecule has 0 amide bonds. The number of rotatable bonds is 13. The Morgan fingerprint density at radius 3 is 2.10 bits per heavy atom. The highest BCUT2D eigenvalue weighted by molar-refractivity contribution is 7.51. The minimum Gasteiger partial charge on any atom is -0.627 e. The highest BCUT2D eigenvalue weighted by atomic mass is 31.1. The van der Waals surface area contributed by atoms with Crippen LogP contribution in [0.2, 0.25) is 0 Å². The van der Waals surface area contributed by atoms with Gasteiger partial charge < -0.3 is 10.00 Å². The van der Waals surface area contributed by atoms with Crippen molar-refractivity contribution in [3.63, 3.8) is 0 Å². The second kappa shape index (κ2) is 13.3. The summed E-state index contributed by atoms with van der Waals surface area (Å²) in [7, 11) is -1.63. The Morgan fingerprint density at radius 2 is 1.65 bits per heavy atom. The van der Waals surface area contributed by atoms with E-state index >= 15 is 0 Å². The molecule has 0 saturated heterocycles. The summed E-state index contributed by atoms with van der Waals surface area (Å²) in [4.78, 5) is 21.9. The van der Waals surface area contributed by atoms with Gasteiger partial charge in [0.05, 0.1) is 20.0 Å². The molecule has 0 bridgehead atoms. The van der Waals surface area contributed by atoms with E-state index in [4.69, 9.17) is 5.11 Å². The quantitative estimate of drug-likeness (QED) is 0.407. The van der Waals surface area contributed by atoms with E-state index in [1.165, 1.54) is 56.8 Å². The number of aliphatic carboxylic acids is 1. The summed E-state index contributed by atoms with van der Waals surface area (Å²) in [5.74, 6) is 0.0555. The predicted molar refractivity (Wildman–Crippen MR) is 86.2 cm³/mol. The second-order valence-electron chi connectivity index (χ2n) is 5.32. The van der Waals surface area contributed by atoms with Crippen LogP contribution in [0.15, 0.2) is 11.9 Å². The van der Waals surface area contributed by atoms with Crippen LogP contribution in [-0.4, -0.2) is 17.4 Å². The van der Waals surface area contributed by atoms with Crippen LogP contribution in [0.4, 0.5) is 0 Å². The monoisotopic (exact) mass is 300 g/mol. The van der Waals surface area contributed by atoms with Gasteiger partial charge in [0.25, 0.3) is 0 Å². The molecule has 1 N–H and O–H groups in total. The van der Waals surface area contributed by atoms with E-state index < -0.39 is 19.7 Å². The highest BCUT2D eigenvalue weighted by Gasteiger charge is 2.13. The van der Waals surface area contributed by atoms with Gasteiger partial charge in [-0.15, -0.1) is 0 Å². The van der Waals surface area contributed by atoms with Gasteiger partial charge in [0.1, 0.15) is 5.82 Å². The maximum Gasteiger partial charge on any atom is 0.310 e. The minimum absolute atomic E-state index is 0.514. The number of carbonyl (C=O) groups is 1. The summed E-state index contributed by atoms with van der Waals surface area (Å²) in [5, 5.41) is 9.04. The van der Waals surface area contributed by atoms with Crippen LogP contribution < -0.4 is 4.89 Å². The van der Waals surface area contributed by atoms with Gasteiger partial charge in [-0.1, -0.05) is 64.7 Å². The predicted octanol–water partition coefficient (Wildman–Crippen LogP) is 4.31. The lowest BCUT2D eigenvalue weighted by atomic mass is 10.00. The van der Waals surface area contributed by atoms with Crippen LogP contribution >= 0.6 is 7.77 Å². The summed E-state index contributed by atoms with van der Waals surface area (Å²) in [6.07, 6.45) is 16.5. The number of unbranched alkanes of at least 4 members (excludes halogenated alkanes) is 8. The van der Waals surface area contributed by atoms with E-state index in [0.717, 1.165) is 12.8 Å². The maximum absolute atomic E-state index is 11.0. The lowest BCUT2D eigenvalue weighted by Crippen LogP contribution is -2.10. The zero-order chi connectivity index (χ0) is 15.2. The van der Waals surface area contributed by atoms with Crippen molar-refractivity contribution in [2.75, 3.05) is 0 Å². The van der Waals surface area contributed by atoms with Gasteiger partial charge in [-0.2, -0.15) is 0 Å². The summed E-state index contributed by atoms with van der Waals surface area (Å²) < 4.78 is 0. The number of carboxylic acid groups (broad SMARTS) is 1. The first-order valence-electron chi connectivity index (χ1n) is 7.76. The molecule has 0 spiro atoms. The molecule has 3 nitrogen and oxygen atoms in total. The molecule has 0 radical (unpaired) electrons. The van der Waals surface area contributed by atoms with Gasteiger partial charge in [0, 0.05) is 0 Å². The first-order valence-corrected chi connectivity index (χ1v) is 9.27. The Bertz CT molecular complexity index is 300. The first kappa shape index (κ1) is 19.3. The summed E-state index contributed by atoms with van der Waals surface area (Å²) >= 11 is 0. The van der Waals surface area contributed by atoms with Crippen LogP contribution in [0.3, 0.4) is 0 Å². The SMILES string of the molecule is C=[P+]([O-])C=CC(CCCCCCCCCCC)C(=O)O. The Balaban J connectivity index is 3.59. The average Bonchev–Trinajstić information content (AvgIpc) is 2.39. The fourth-order valence-corrected chi connectivity index (χ4v) is 2.58. The molecule has 2 unspecified atom stereocenters. The van der Waals surface area contributed by atoms with E-state index in [1.807, 2.05) is 0 Å². The standard InChI is InChI=1S/C16H29O3P/c1-3-4-5-6-7-8-9-10-11-12-15(16(17)18)13-14-20(2)19/h13-15H,2-12H2,1H3,(H,17,18). The minimum atomic E-state index is -1.63. The molecular weight excluding hydrogens is 271 g/mol. The van der Waals surface area contributed by atoms with Gasteiger partial charge in [0.2, 0.25) is 0 Å². The molecule has 0 rings (SSSR count). The van der Waals surface area contributed by atoms with Crippen molar-refractivity contribution in [2.45, 2.75) is 71.1 Å². The van der Waals surface area contributed by atoms with E-state index in [1.54, 1.807) is 0 Å². The number of hydrogen-bond donors (Lipinski definition) is 1. The van der Waals surface area contributed by atoms with Gasteiger partial charge in [-0.3, -0.25) is 4.79 Å². The molecule has 0 heterocycles. The summed E-state index contributed by atoms with van der Waals surface area (Å²) in [5.41, 5.74) is 0. The largest absolute Gasteiger partial charge is 0.627 e. The molecule has 0 saturated carbocycles. The van der Waals surface area contributed by atoms with Crippen LogP contribution in [0.25, 0.3) is 0 Å². The average molecular weight is 300 g/mol. The lowest BCUT2D eigenvalue weighted by Gasteiger charge is -2.06.